The highest BCUT2D eigenvalue weighted by Crippen LogP contribution is 2.18. The molecule has 0 saturated carbocycles. The Morgan fingerprint density at radius 2 is 2.32 bits per heavy atom. The summed E-state index contributed by atoms with van der Waals surface area (Å²) in [7, 11) is 0. The Balaban J connectivity index is 1.89. The summed E-state index contributed by atoms with van der Waals surface area (Å²) in [6.07, 6.45) is 3.31. The summed E-state index contributed by atoms with van der Waals surface area (Å²) >= 11 is 0. The molecule has 0 amide bonds. The van der Waals surface area contributed by atoms with Crippen LogP contribution in [0.4, 0.5) is 4.39 Å². The zero-order valence-corrected chi connectivity index (χ0v) is 10.8. The van der Waals surface area contributed by atoms with Gasteiger partial charge in [0, 0.05) is 24.7 Å². The number of ether oxygens (including phenoxy) is 2. The molecule has 1 aromatic rings. The lowest BCUT2D eigenvalue weighted by Gasteiger charge is -2.11. The highest BCUT2D eigenvalue weighted by atomic mass is 19.1. The summed E-state index contributed by atoms with van der Waals surface area (Å²) in [6.45, 7) is 1.62. The van der Waals surface area contributed by atoms with Crippen molar-refractivity contribution in [3.8, 4) is 17.6 Å². The number of nitrogens with two attached hydrogens (primary N) is 1. The van der Waals surface area contributed by atoms with Gasteiger partial charge >= 0.3 is 0 Å². The molecule has 4 heteroatoms. The van der Waals surface area contributed by atoms with Crippen LogP contribution in [0.3, 0.4) is 0 Å². The van der Waals surface area contributed by atoms with Gasteiger partial charge in [-0.25, -0.2) is 4.39 Å². The number of halogens is 1. The summed E-state index contributed by atoms with van der Waals surface area (Å²) in [5, 5.41) is 0. The van der Waals surface area contributed by atoms with Crippen LogP contribution < -0.4 is 10.5 Å². The molecule has 1 heterocycles. The molecule has 1 saturated heterocycles. The van der Waals surface area contributed by atoms with Crippen LogP contribution in [0.5, 0.6) is 5.75 Å². The van der Waals surface area contributed by atoms with Gasteiger partial charge in [0.15, 0.2) is 0 Å². The second kappa shape index (κ2) is 7.13. The van der Waals surface area contributed by atoms with E-state index in [-0.39, 0.29) is 18.5 Å². The summed E-state index contributed by atoms with van der Waals surface area (Å²) in [4.78, 5) is 0. The van der Waals surface area contributed by atoms with Crippen molar-refractivity contribution in [1.29, 1.82) is 0 Å². The average Bonchev–Trinajstić information content (AvgIpc) is 2.89. The normalized spacial score (nSPS) is 17.9. The van der Waals surface area contributed by atoms with E-state index in [1.165, 1.54) is 12.1 Å². The molecule has 0 aromatic heterocycles. The maximum Gasteiger partial charge on any atom is 0.128 e. The number of hydrogen-bond donors (Lipinski definition) is 1. The van der Waals surface area contributed by atoms with Crippen LogP contribution in [0, 0.1) is 17.7 Å². The Bertz CT molecular complexity index is 473. The summed E-state index contributed by atoms with van der Waals surface area (Å²) < 4.78 is 24.4. The van der Waals surface area contributed by atoms with Gasteiger partial charge in [0.05, 0.1) is 19.3 Å². The van der Waals surface area contributed by atoms with Crippen molar-refractivity contribution in [2.75, 3.05) is 19.8 Å². The van der Waals surface area contributed by atoms with Gasteiger partial charge in [-0.2, -0.15) is 0 Å². The first-order valence-electron chi connectivity index (χ1n) is 6.52. The van der Waals surface area contributed by atoms with Crippen LogP contribution in [0.15, 0.2) is 18.2 Å². The molecule has 1 aromatic carbocycles. The number of rotatable bonds is 4. The summed E-state index contributed by atoms with van der Waals surface area (Å²) in [6, 6.07) is 4.46. The quantitative estimate of drug-likeness (QED) is 0.846. The maximum absolute atomic E-state index is 13.4. The van der Waals surface area contributed by atoms with Gasteiger partial charge in [-0.15, -0.1) is 0 Å². The first-order valence-corrected chi connectivity index (χ1v) is 6.52. The highest BCUT2D eigenvalue weighted by Gasteiger charge is 2.15. The van der Waals surface area contributed by atoms with Gasteiger partial charge in [0.2, 0.25) is 0 Å². The predicted octanol–water partition coefficient (Wildman–Crippen LogP) is 2.08. The fourth-order valence-electron chi connectivity index (χ4n) is 2.05. The van der Waals surface area contributed by atoms with E-state index in [1.54, 1.807) is 6.07 Å². The Kier molecular flexibility index (Phi) is 5.20. The smallest absolute Gasteiger partial charge is 0.128 e. The fourth-order valence-corrected chi connectivity index (χ4v) is 2.05. The lowest BCUT2D eigenvalue weighted by Crippen LogP contribution is -2.10. The van der Waals surface area contributed by atoms with Crippen LogP contribution in [0.25, 0.3) is 0 Å². The Morgan fingerprint density at radius 3 is 3.05 bits per heavy atom. The molecule has 19 heavy (non-hydrogen) atoms. The third kappa shape index (κ3) is 4.55. The average molecular weight is 263 g/mol. The van der Waals surface area contributed by atoms with Crippen LogP contribution in [0.1, 0.15) is 24.8 Å². The minimum atomic E-state index is -0.351. The molecule has 0 radical (unpaired) electrons. The second-order valence-electron chi connectivity index (χ2n) is 4.45. The van der Waals surface area contributed by atoms with Crippen molar-refractivity contribution in [2.24, 2.45) is 5.73 Å². The number of benzene rings is 1. The predicted molar refractivity (Wildman–Crippen MR) is 71.4 cm³/mol. The first kappa shape index (κ1) is 13.9. The van der Waals surface area contributed by atoms with Crippen LogP contribution in [0.2, 0.25) is 0 Å². The van der Waals surface area contributed by atoms with Crippen molar-refractivity contribution in [3.63, 3.8) is 0 Å². The van der Waals surface area contributed by atoms with Gasteiger partial charge in [-0.05, 0) is 25.0 Å². The molecular weight excluding hydrogens is 245 g/mol. The molecule has 0 bridgehead atoms. The van der Waals surface area contributed by atoms with Crippen molar-refractivity contribution in [1.82, 2.24) is 0 Å². The van der Waals surface area contributed by atoms with Crippen LogP contribution in [-0.4, -0.2) is 25.9 Å². The van der Waals surface area contributed by atoms with Gasteiger partial charge in [-0.1, -0.05) is 11.8 Å². The molecule has 1 unspecified atom stereocenters. The van der Waals surface area contributed by atoms with Crippen LogP contribution in [-0.2, 0) is 4.74 Å². The van der Waals surface area contributed by atoms with E-state index in [9.17, 15) is 4.39 Å². The molecule has 1 fully saturated rings. The largest absolute Gasteiger partial charge is 0.493 e. The van der Waals surface area contributed by atoms with Gasteiger partial charge in [-0.3, -0.25) is 0 Å². The maximum atomic E-state index is 13.4. The Labute approximate surface area is 112 Å². The molecule has 0 aliphatic carbocycles. The molecule has 1 atom stereocenters. The molecule has 0 spiro atoms. The lowest BCUT2D eigenvalue weighted by molar-refractivity contribution is 0.0903. The van der Waals surface area contributed by atoms with E-state index in [2.05, 4.69) is 11.8 Å². The van der Waals surface area contributed by atoms with Crippen LogP contribution >= 0.6 is 0 Å². The summed E-state index contributed by atoms with van der Waals surface area (Å²) in [5.74, 6) is 5.64. The van der Waals surface area contributed by atoms with Crippen molar-refractivity contribution in [3.05, 3.63) is 29.6 Å². The van der Waals surface area contributed by atoms with Crippen molar-refractivity contribution in [2.45, 2.75) is 25.4 Å². The first-order chi connectivity index (χ1) is 9.28. The van der Waals surface area contributed by atoms with Gasteiger partial charge in [0.1, 0.15) is 11.6 Å². The molecule has 3 nitrogen and oxygen atoms in total. The third-order valence-corrected chi connectivity index (χ3v) is 2.94. The van der Waals surface area contributed by atoms with E-state index in [1.807, 2.05) is 0 Å². The molecule has 2 N–H and O–H groups in total. The number of hydrogen-bond acceptors (Lipinski definition) is 3. The summed E-state index contributed by atoms with van der Waals surface area (Å²) in [5.41, 5.74) is 5.87. The van der Waals surface area contributed by atoms with E-state index >= 15 is 0 Å². The van der Waals surface area contributed by atoms with E-state index in [4.69, 9.17) is 15.2 Å². The zero-order valence-electron chi connectivity index (χ0n) is 10.8. The Hall–Kier alpha value is -1.57. The zero-order chi connectivity index (χ0) is 13.5. The SMILES string of the molecule is NCC#Cc1cc(F)cc(OCCC2CCCO2)c1. The molecule has 1 aliphatic heterocycles. The lowest BCUT2D eigenvalue weighted by atomic mass is 10.2. The fraction of sp³-hybridized carbons (Fsp3) is 0.467. The molecule has 2 rings (SSSR count). The van der Waals surface area contributed by atoms with Gasteiger partial charge in [0.25, 0.3) is 0 Å². The molecule has 102 valence electrons. The van der Waals surface area contributed by atoms with E-state index in [0.717, 1.165) is 25.9 Å². The Morgan fingerprint density at radius 1 is 1.42 bits per heavy atom. The van der Waals surface area contributed by atoms with Crippen molar-refractivity contribution >= 4 is 0 Å². The second-order valence-corrected chi connectivity index (χ2v) is 4.45. The third-order valence-electron chi connectivity index (χ3n) is 2.94. The minimum absolute atomic E-state index is 0.256. The van der Waals surface area contributed by atoms with Crippen molar-refractivity contribution < 1.29 is 13.9 Å². The van der Waals surface area contributed by atoms with Gasteiger partial charge < -0.3 is 15.2 Å². The molecular formula is C15H18FNO2. The topological polar surface area (TPSA) is 44.5 Å². The standard InChI is InChI=1S/C15H18FNO2/c16-13-9-12(3-1-6-17)10-15(11-13)19-8-5-14-4-2-7-18-14/h9-11,14H,2,4-8,17H2. The highest BCUT2D eigenvalue weighted by molar-refractivity contribution is 5.40. The molecule has 1 aliphatic rings. The monoisotopic (exact) mass is 263 g/mol. The minimum Gasteiger partial charge on any atom is -0.493 e. The van der Waals surface area contributed by atoms with E-state index < -0.39 is 0 Å². The van der Waals surface area contributed by atoms with E-state index in [0.29, 0.717) is 17.9 Å².